The zero-order chi connectivity index (χ0) is 22.7. The molecule has 0 spiro atoms. The quantitative estimate of drug-likeness (QED) is 0.351. The Morgan fingerprint density at radius 1 is 0.906 bits per heavy atom. The number of benzene rings is 3. The molecule has 32 heavy (non-hydrogen) atoms. The number of fused-ring (bicyclic) bond motifs is 1. The molecule has 0 atom stereocenters. The number of hydrogen-bond acceptors (Lipinski definition) is 6. The van der Waals surface area contributed by atoms with Crippen molar-refractivity contribution in [1.29, 1.82) is 0 Å². The van der Waals surface area contributed by atoms with E-state index in [1.54, 1.807) is 48.5 Å². The van der Waals surface area contributed by atoms with Crippen LogP contribution in [0.2, 0.25) is 5.02 Å². The number of ether oxygens (including phenoxy) is 2. The largest absolute Gasteiger partial charge is 0.493 e. The van der Waals surface area contributed by atoms with E-state index in [0.717, 1.165) is 0 Å². The molecule has 0 fully saturated rings. The van der Waals surface area contributed by atoms with Gasteiger partial charge in [-0.3, -0.25) is 9.59 Å². The summed E-state index contributed by atoms with van der Waals surface area (Å²) in [6.45, 7) is -0.0418. The third-order valence-corrected chi connectivity index (χ3v) is 5.29. The first-order valence-electron chi connectivity index (χ1n) is 9.82. The van der Waals surface area contributed by atoms with Gasteiger partial charge in [-0.15, -0.1) is 0 Å². The van der Waals surface area contributed by atoms with Gasteiger partial charge in [0.05, 0.1) is 26.5 Å². The maximum Gasteiger partial charge on any atom is 0.230 e. The fourth-order valence-electron chi connectivity index (χ4n) is 3.39. The number of halogens is 1. The van der Waals surface area contributed by atoms with Crippen molar-refractivity contribution < 1.29 is 23.5 Å². The number of ketones is 2. The highest BCUT2D eigenvalue weighted by molar-refractivity contribution is 6.30. The molecule has 7 heteroatoms. The van der Waals surface area contributed by atoms with Gasteiger partial charge in [-0.05, 0) is 54.6 Å². The molecule has 0 aliphatic carbocycles. The number of methoxy groups -OCH3 is 2. The van der Waals surface area contributed by atoms with Gasteiger partial charge < -0.3 is 19.2 Å². The molecule has 4 aromatic rings. The van der Waals surface area contributed by atoms with E-state index in [0.29, 0.717) is 44.3 Å². The van der Waals surface area contributed by atoms with Crippen LogP contribution in [0.4, 0.5) is 5.69 Å². The predicted octanol–water partition coefficient (Wildman–Crippen LogP) is 5.63. The number of anilines is 1. The Morgan fingerprint density at radius 2 is 1.59 bits per heavy atom. The zero-order valence-electron chi connectivity index (χ0n) is 17.5. The average molecular weight is 450 g/mol. The standard InChI is InChI=1S/C25H20ClNO5/c1-30-21-12-9-16(13-22(21)31-2)19(28)14-27-23-18-5-3-4-6-20(18)32-25(23)24(29)15-7-10-17(26)11-8-15/h3-13,27H,14H2,1-2H3. The van der Waals surface area contributed by atoms with Gasteiger partial charge >= 0.3 is 0 Å². The fourth-order valence-corrected chi connectivity index (χ4v) is 3.52. The van der Waals surface area contributed by atoms with Crippen LogP contribution in [0.15, 0.2) is 71.1 Å². The van der Waals surface area contributed by atoms with Gasteiger partial charge in [0.15, 0.2) is 23.0 Å². The molecule has 0 saturated heterocycles. The summed E-state index contributed by atoms with van der Waals surface area (Å²) >= 11 is 5.94. The first kappa shape index (κ1) is 21.5. The van der Waals surface area contributed by atoms with Crippen LogP contribution in [0.5, 0.6) is 11.5 Å². The van der Waals surface area contributed by atoms with Gasteiger partial charge in [0, 0.05) is 21.5 Å². The highest BCUT2D eigenvalue weighted by Gasteiger charge is 2.22. The second kappa shape index (κ2) is 9.16. The lowest BCUT2D eigenvalue weighted by Gasteiger charge is -2.10. The Kier molecular flexibility index (Phi) is 6.14. The van der Waals surface area contributed by atoms with Crippen LogP contribution in [-0.4, -0.2) is 32.3 Å². The number of rotatable bonds is 8. The molecule has 162 valence electrons. The number of carbonyl (C=O) groups is 2. The second-order valence-electron chi connectivity index (χ2n) is 6.98. The van der Waals surface area contributed by atoms with Gasteiger partial charge in [-0.25, -0.2) is 0 Å². The number of Topliss-reactive ketones (excluding diaryl/α,β-unsaturated/α-hetero) is 1. The van der Waals surface area contributed by atoms with Gasteiger partial charge in [-0.2, -0.15) is 0 Å². The topological polar surface area (TPSA) is 77.8 Å². The summed E-state index contributed by atoms with van der Waals surface area (Å²) in [6.07, 6.45) is 0. The summed E-state index contributed by atoms with van der Waals surface area (Å²) in [5, 5.41) is 4.35. The van der Waals surface area contributed by atoms with Crippen molar-refractivity contribution >= 4 is 39.8 Å². The predicted molar refractivity (Wildman–Crippen MR) is 123 cm³/mol. The first-order chi connectivity index (χ1) is 15.5. The van der Waals surface area contributed by atoms with E-state index < -0.39 is 0 Å². The summed E-state index contributed by atoms with van der Waals surface area (Å²) in [5.41, 5.74) is 1.90. The van der Waals surface area contributed by atoms with Crippen LogP contribution in [0.25, 0.3) is 11.0 Å². The maximum absolute atomic E-state index is 13.1. The summed E-state index contributed by atoms with van der Waals surface area (Å²) in [5.74, 6) is 0.646. The zero-order valence-corrected chi connectivity index (χ0v) is 18.2. The minimum absolute atomic E-state index is 0.0418. The van der Waals surface area contributed by atoms with E-state index in [-0.39, 0.29) is 23.9 Å². The Labute approximate surface area is 189 Å². The number of nitrogens with one attached hydrogen (secondary N) is 1. The molecular formula is C25H20ClNO5. The van der Waals surface area contributed by atoms with Crippen molar-refractivity contribution in [3.05, 3.63) is 88.6 Å². The molecular weight excluding hydrogens is 430 g/mol. The molecule has 1 heterocycles. The van der Waals surface area contributed by atoms with Gasteiger partial charge in [-0.1, -0.05) is 23.7 Å². The molecule has 3 aromatic carbocycles. The molecule has 0 unspecified atom stereocenters. The molecule has 0 bridgehead atoms. The lowest BCUT2D eigenvalue weighted by molar-refractivity contribution is 0.0997. The molecule has 0 saturated carbocycles. The van der Waals surface area contributed by atoms with Crippen molar-refractivity contribution in [2.24, 2.45) is 0 Å². The Bertz CT molecular complexity index is 1290. The summed E-state index contributed by atoms with van der Waals surface area (Å²) in [6, 6.07) is 18.8. The van der Waals surface area contributed by atoms with Crippen molar-refractivity contribution in [2.75, 3.05) is 26.1 Å². The van der Waals surface area contributed by atoms with Crippen molar-refractivity contribution in [1.82, 2.24) is 0 Å². The van der Waals surface area contributed by atoms with E-state index in [2.05, 4.69) is 5.32 Å². The number of furan rings is 1. The summed E-state index contributed by atoms with van der Waals surface area (Å²) in [7, 11) is 3.04. The van der Waals surface area contributed by atoms with Gasteiger partial charge in [0.25, 0.3) is 0 Å². The molecule has 0 radical (unpaired) electrons. The molecule has 4 rings (SSSR count). The molecule has 0 aliphatic heterocycles. The summed E-state index contributed by atoms with van der Waals surface area (Å²) in [4.78, 5) is 26.0. The molecule has 1 aromatic heterocycles. The van der Waals surface area contributed by atoms with E-state index in [4.69, 9.17) is 25.5 Å². The Hall–Kier alpha value is -3.77. The van der Waals surface area contributed by atoms with E-state index in [1.165, 1.54) is 14.2 Å². The Morgan fingerprint density at radius 3 is 2.31 bits per heavy atom. The lowest BCUT2D eigenvalue weighted by atomic mass is 10.1. The highest BCUT2D eigenvalue weighted by atomic mass is 35.5. The minimum atomic E-state index is -0.307. The van der Waals surface area contributed by atoms with Gasteiger partial charge in [0.2, 0.25) is 5.78 Å². The van der Waals surface area contributed by atoms with E-state index in [9.17, 15) is 9.59 Å². The average Bonchev–Trinajstić information content (AvgIpc) is 3.20. The SMILES string of the molecule is COc1ccc(C(=O)CNc2c(C(=O)c3ccc(Cl)cc3)oc3ccccc23)cc1OC. The normalized spacial score (nSPS) is 10.7. The third kappa shape index (κ3) is 4.18. The first-order valence-corrected chi connectivity index (χ1v) is 10.2. The van der Waals surface area contributed by atoms with E-state index >= 15 is 0 Å². The van der Waals surface area contributed by atoms with Gasteiger partial charge in [0.1, 0.15) is 5.58 Å². The molecule has 0 amide bonds. The third-order valence-electron chi connectivity index (χ3n) is 5.04. The van der Waals surface area contributed by atoms with Crippen molar-refractivity contribution in [3.63, 3.8) is 0 Å². The van der Waals surface area contributed by atoms with Crippen LogP contribution in [0.1, 0.15) is 26.5 Å². The Balaban J connectivity index is 1.64. The van der Waals surface area contributed by atoms with E-state index in [1.807, 2.05) is 18.2 Å². The molecule has 6 nitrogen and oxygen atoms in total. The second-order valence-corrected chi connectivity index (χ2v) is 7.42. The van der Waals surface area contributed by atoms with Crippen LogP contribution >= 0.6 is 11.6 Å². The number of carbonyl (C=O) groups excluding carboxylic acids is 2. The monoisotopic (exact) mass is 449 g/mol. The van der Waals surface area contributed by atoms with Crippen molar-refractivity contribution in [3.8, 4) is 11.5 Å². The lowest BCUT2D eigenvalue weighted by Crippen LogP contribution is -2.15. The minimum Gasteiger partial charge on any atom is -0.493 e. The van der Waals surface area contributed by atoms with Crippen LogP contribution < -0.4 is 14.8 Å². The molecule has 0 aliphatic rings. The molecule has 1 N–H and O–H groups in total. The van der Waals surface area contributed by atoms with Crippen molar-refractivity contribution in [2.45, 2.75) is 0 Å². The number of hydrogen-bond donors (Lipinski definition) is 1. The smallest absolute Gasteiger partial charge is 0.230 e. The number of para-hydroxylation sites is 1. The van der Waals surface area contributed by atoms with Crippen LogP contribution in [0, 0.1) is 0 Å². The fraction of sp³-hybridized carbons (Fsp3) is 0.120. The maximum atomic E-state index is 13.1. The summed E-state index contributed by atoms with van der Waals surface area (Å²) < 4.78 is 16.4. The highest BCUT2D eigenvalue weighted by Crippen LogP contribution is 2.33. The van der Waals surface area contributed by atoms with Crippen LogP contribution in [0.3, 0.4) is 0 Å². The van der Waals surface area contributed by atoms with Crippen LogP contribution in [-0.2, 0) is 0 Å².